The third-order valence-corrected chi connectivity index (χ3v) is 3.56. The van der Waals surface area contributed by atoms with Gasteiger partial charge < -0.3 is 19.5 Å². The normalized spacial score (nSPS) is 10.1. The Labute approximate surface area is 152 Å². The maximum absolute atomic E-state index is 12.4. The van der Waals surface area contributed by atoms with Crippen LogP contribution in [0.15, 0.2) is 42.5 Å². The second kappa shape index (κ2) is 9.43. The minimum atomic E-state index is -0.589. The van der Waals surface area contributed by atoms with Gasteiger partial charge in [-0.15, -0.1) is 0 Å². The van der Waals surface area contributed by atoms with E-state index in [0.717, 1.165) is 5.56 Å². The minimum absolute atomic E-state index is 0.161. The SMILES string of the molecule is COCCOC(=O)Nc1cccc(NC(=O)c2ccc(C)c(OC)c2)c1. The quantitative estimate of drug-likeness (QED) is 0.741. The van der Waals surface area contributed by atoms with Crippen LogP contribution in [0.25, 0.3) is 0 Å². The molecule has 26 heavy (non-hydrogen) atoms. The van der Waals surface area contributed by atoms with Crippen LogP contribution in [-0.4, -0.2) is 39.4 Å². The molecule has 7 heteroatoms. The number of aryl methyl sites for hydroxylation is 1. The topological polar surface area (TPSA) is 85.9 Å². The van der Waals surface area contributed by atoms with Gasteiger partial charge in [-0.2, -0.15) is 0 Å². The van der Waals surface area contributed by atoms with E-state index in [1.807, 2.05) is 13.0 Å². The lowest BCUT2D eigenvalue weighted by Crippen LogP contribution is -2.17. The molecular formula is C19H22N2O5. The summed E-state index contributed by atoms with van der Waals surface area (Å²) in [5.74, 6) is 0.370. The third kappa shape index (κ3) is 5.49. The van der Waals surface area contributed by atoms with Crippen molar-refractivity contribution < 1.29 is 23.8 Å². The van der Waals surface area contributed by atoms with Crippen molar-refractivity contribution in [3.05, 3.63) is 53.6 Å². The van der Waals surface area contributed by atoms with Crippen molar-refractivity contribution in [2.45, 2.75) is 6.92 Å². The average molecular weight is 358 g/mol. The molecule has 7 nitrogen and oxygen atoms in total. The highest BCUT2D eigenvalue weighted by molar-refractivity contribution is 6.05. The summed E-state index contributed by atoms with van der Waals surface area (Å²) in [6.45, 7) is 2.39. The first-order valence-corrected chi connectivity index (χ1v) is 8.02. The van der Waals surface area contributed by atoms with E-state index in [1.54, 1.807) is 43.5 Å². The van der Waals surface area contributed by atoms with E-state index in [0.29, 0.717) is 29.3 Å². The average Bonchev–Trinajstić information content (AvgIpc) is 2.62. The van der Waals surface area contributed by atoms with E-state index in [2.05, 4.69) is 10.6 Å². The highest BCUT2D eigenvalue weighted by Gasteiger charge is 2.10. The summed E-state index contributed by atoms with van der Waals surface area (Å²) in [5.41, 5.74) is 2.47. The molecule has 0 heterocycles. The van der Waals surface area contributed by atoms with Crippen molar-refractivity contribution in [3.63, 3.8) is 0 Å². The van der Waals surface area contributed by atoms with E-state index in [1.165, 1.54) is 7.11 Å². The van der Waals surface area contributed by atoms with Gasteiger partial charge in [0.1, 0.15) is 12.4 Å². The van der Waals surface area contributed by atoms with Gasteiger partial charge in [-0.3, -0.25) is 10.1 Å². The van der Waals surface area contributed by atoms with Crippen LogP contribution in [0.4, 0.5) is 16.2 Å². The molecule has 0 saturated heterocycles. The number of amides is 2. The maximum atomic E-state index is 12.4. The van der Waals surface area contributed by atoms with Gasteiger partial charge >= 0.3 is 6.09 Å². The van der Waals surface area contributed by atoms with Crippen molar-refractivity contribution in [3.8, 4) is 5.75 Å². The summed E-state index contributed by atoms with van der Waals surface area (Å²) in [4.78, 5) is 24.1. The molecule has 0 radical (unpaired) electrons. The predicted octanol–water partition coefficient (Wildman–Crippen LogP) is 3.45. The van der Waals surface area contributed by atoms with Gasteiger partial charge in [0.05, 0.1) is 13.7 Å². The molecule has 2 amide bonds. The minimum Gasteiger partial charge on any atom is -0.496 e. The smallest absolute Gasteiger partial charge is 0.411 e. The molecule has 0 saturated carbocycles. The number of benzene rings is 2. The molecular weight excluding hydrogens is 336 g/mol. The van der Waals surface area contributed by atoms with Gasteiger partial charge in [0.25, 0.3) is 5.91 Å². The van der Waals surface area contributed by atoms with Crippen molar-refractivity contribution in [1.29, 1.82) is 0 Å². The Morgan fingerprint density at radius 1 is 0.962 bits per heavy atom. The second-order valence-electron chi connectivity index (χ2n) is 5.47. The number of anilines is 2. The molecule has 0 aliphatic rings. The molecule has 2 rings (SSSR count). The molecule has 0 bridgehead atoms. The molecule has 138 valence electrons. The first-order chi connectivity index (χ1) is 12.5. The largest absolute Gasteiger partial charge is 0.496 e. The maximum Gasteiger partial charge on any atom is 0.411 e. The molecule has 0 aliphatic heterocycles. The monoisotopic (exact) mass is 358 g/mol. The lowest BCUT2D eigenvalue weighted by atomic mass is 10.1. The predicted molar refractivity (Wildman–Crippen MR) is 99.0 cm³/mol. The number of nitrogens with one attached hydrogen (secondary N) is 2. The molecule has 0 atom stereocenters. The molecule has 2 N–H and O–H groups in total. The number of ether oxygens (including phenoxy) is 3. The summed E-state index contributed by atoms with van der Waals surface area (Å²) < 4.78 is 15.0. The standard InChI is InChI=1S/C19H22N2O5/c1-13-7-8-14(11-17(13)25-3)18(22)20-15-5-4-6-16(12-15)21-19(23)26-10-9-24-2/h4-8,11-12H,9-10H2,1-3H3,(H,20,22)(H,21,23). The molecule has 0 fully saturated rings. The lowest BCUT2D eigenvalue weighted by Gasteiger charge is -2.10. The van der Waals surface area contributed by atoms with E-state index in [4.69, 9.17) is 14.2 Å². The van der Waals surface area contributed by atoms with Gasteiger partial charge in [-0.25, -0.2) is 4.79 Å². The highest BCUT2D eigenvalue weighted by Crippen LogP contribution is 2.21. The lowest BCUT2D eigenvalue weighted by molar-refractivity contribution is 0.102. The van der Waals surface area contributed by atoms with Crippen molar-refractivity contribution in [2.75, 3.05) is 38.1 Å². The Bertz CT molecular complexity index is 776. The molecule has 2 aromatic carbocycles. The number of carbonyl (C=O) groups is 2. The van der Waals surface area contributed by atoms with Crippen LogP contribution < -0.4 is 15.4 Å². The number of carbonyl (C=O) groups excluding carboxylic acids is 2. The zero-order valence-electron chi connectivity index (χ0n) is 15.0. The number of hydrogen-bond acceptors (Lipinski definition) is 5. The van der Waals surface area contributed by atoms with Crippen LogP contribution in [0.2, 0.25) is 0 Å². The van der Waals surface area contributed by atoms with Crippen LogP contribution >= 0.6 is 0 Å². The van der Waals surface area contributed by atoms with E-state index in [9.17, 15) is 9.59 Å². The fourth-order valence-corrected chi connectivity index (χ4v) is 2.21. The Balaban J connectivity index is 2.01. The Morgan fingerprint density at radius 3 is 2.38 bits per heavy atom. The summed E-state index contributed by atoms with van der Waals surface area (Å²) in [7, 11) is 3.09. The van der Waals surface area contributed by atoms with E-state index < -0.39 is 6.09 Å². The molecule has 0 unspecified atom stereocenters. The molecule has 2 aromatic rings. The fourth-order valence-electron chi connectivity index (χ4n) is 2.21. The van der Waals surface area contributed by atoms with Crippen molar-refractivity contribution in [2.24, 2.45) is 0 Å². The zero-order chi connectivity index (χ0) is 18.9. The first-order valence-electron chi connectivity index (χ1n) is 8.02. The third-order valence-electron chi connectivity index (χ3n) is 3.56. The van der Waals surface area contributed by atoms with Gasteiger partial charge in [-0.1, -0.05) is 12.1 Å². The Kier molecular flexibility index (Phi) is 6.99. The van der Waals surface area contributed by atoms with Crippen LogP contribution in [0.1, 0.15) is 15.9 Å². The number of methoxy groups -OCH3 is 2. The van der Waals surface area contributed by atoms with Gasteiger partial charge in [0.2, 0.25) is 0 Å². The Hall–Kier alpha value is -3.06. The van der Waals surface area contributed by atoms with Crippen LogP contribution in [-0.2, 0) is 9.47 Å². The number of rotatable bonds is 7. The molecule has 0 aromatic heterocycles. The summed E-state index contributed by atoms with van der Waals surface area (Å²) in [5, 5.41) is 5.38. The van der Waals surface area contributed by atoms with E-state index in [-0.39, 0.29) is 12.5 Å². The summed E-state index contributed by atoms with van der Waals surface area (Å²) in [6.07, 6.45) is -0.589. The number of hydrogen-bond donors (Lipinski definition) is 2. The van der Waals surface area contributed by atoms with Gasteiger partial charge in [-0.05, 0) is 42.8 Å². The molecule has 0 spiro atoms. The first kappa shape index (κ1) is 19.3. The van der Waals surface area contributed by atoms with Crippen molar-refractivity contribution in [1.82, 2.24) is 0 Å². The fraction of sp³-hybridized carbons (Fsp3) is 0.263. The zero-order valence-corrected chi connectivity index (χ0v) is 15.0. The summed E-state index contributed by atoms with van der Waals surface area (Å²) in [6, 6.07) is 12.0. The van der Waals surface area contributed by atoms with Gasteiger partial charge in [0, 0.05) is 24.0 Å². The van der Waals surface area contributed by atoms with E-state index >= 15 is 0 Å². The van der Waals surface area contributed by atoms with Crippen LogP contribution in [0.5, 0.6) is 5.75 Å². The van der Waals surface area contributed by atoms with Crippen molar-refractivity contribution >= 4 is 23.4 Å². The Morgan fingerprint density at radius 2 is 1.69 bits per heavy atom. The van der Waals surface area contributed by atoms with Crippen LogP contribution in [0, 0.1) is 6.92 Å². The highest BCUT2D eigenvalue weighted by atomic mass is 16.6. The van der Waals surface area contributed by atoms with Gasteiger partial charge in [0.15, 0.2) is 0 Å². The van der Waals surface area contributed by atoms with Crippen LogP contribution in [0.3, 0.4) is 0 Å². The summed E-state index contributed by atoms with van der Waals surface area (Å²) >= 11 is 0. The molecule has 0 aliphatic carbocycles. The second-order valence-corrected chi connectivity index (χ2v) is 5.47.